The first-order valence-corrected chi connectivity index (χ1v) is 7.93. The highest BCUT2D eigenvalue weighted by Crippen LogP contribution is 2.36. The number of benzene rings is 1. The van der Waals surface area contributed by atoms with Crippen molar-refractivity contribution in [1.82, 2.24) is 10.6 Å². The Morgan fingerprint density at radius 1 is 1.33 bits per heavy atom. The molecule has 2 N–H and O–H groups in total. The molecule has 1 aliphatic heterocycles. The minimum atomic E-state index is -0.206. The van der Waals surface area contributed by atoms with E-state index in [1.54, 1.807) is 19.2 Å². The van der Waals surface area contributed by atoms with Gasteiger partial charge in [-0.05, 0) is 43.2 Å². The largest absolute Gasteiger partial charge is 0.355 e. The lowest BCUT2D eigenvalue weighted by molar-refractivity contribution is 0.584. The summed E-state index contributed by atoms with van der Waals surface area (Å²) in [5.41, 5.74) is 1.04. The molecule has 6 heteroatoms. The Balaban J connectivity index is 0.00000220. The van der Waals surface area contributed by atoms with Crippen LogP contribution in [0.15, 0.2) is 29.3 Å². The first kappa shape index (κ1) is 18.5. The summed E-state index contributed by atoms with van der Waals surface area (Å²) in [5, 5.41) is 6.63. The van der Waals surface area contributed by atoms with E-state index in [-0.39, 0.29) is 29.8 Å². The van der Waals surface area contributed by atoms with Crippen molar-refractivity contribution in [2.45, 2.75) is 31.1 Å². The molecule has 0 amide bonds. The van der Waals surface area contributed by atoms with Crippen LogP contribution in [0.3, 0.4) is 0 Å². The van der Waals surface area contributed by atoms with E-state index in [4.69, 9.17) is 0 Å². The number of guanidine groups is 1. The van der Waals surface area contributed by atoms with E-state index in [9.17, 15) is 4.39 Å². The number of nitrogens with one attached hydrogen (secondary N) is 2. The molecule has 1 fully saturated rings. The van der Waals surface area contributed by atoms with Gasteiger partial charge < -0.3 is 10.6 Å². The maximum Gasteiger partial charge on any atom is 0.191 e. The van der Waals surface area contributed by atoms with Crippen molar-refractivity contribution in [3.8, 4) is 0 Å². The minimum Gasteiger partial charge on any atom is -0.355 e. The normalized spacial score (nSPS) is 21.8. The van der Waals surface area contributed by atoms with Gasteiger partial charge in [0.2, 0.25) is 0 Å². The molecular weight excluding hydrogens is 400 g/mol. The quantitative estimate of drug-likeness (QED) is 0.443. The third-order valence-electron chi connectivity index (χ3n) is 3.53. The fourth-order valence-electron chi connectivity index (χ4n) is 2.26. The van der Waals surface area contributed by atoms with Crippen molar-refractivity contribution in [2.75, 3.05) is 19.3 Å². The first-order chi connectivity index (χ1) is 9.61. The van der Waals surface area contributed by atoms with Gasteiger partial charge in [0.05, 0.1) is 0 Å². The lowest BCUT2D eigenvalue weighted by Gasteiger charge is -2.24. The summed E-state index contributed by atoms with van der Waals surface area (Å²) in [4.78, 5) is 4.22. The Morgan fingerprint density at radius 3 is 2.62 bits per heavy atom. The van der Waals surface area contributed by atoms with Gasteiger partial charge >= 0.3 is 0 Å². The number of rotatable bonds is 4. The third kappa shape index (κ3) is 6.02. The molecule has 0 aliphatic carbocycles. The molecule has 1 aromatic carbocycles. The standard InChI is InChI=1S/C15H22FN3S.HI/c1-15(8-3-9-20-15)11-19-14(17-2)18-10-12-4-6-13(16)7-5-12;/h4-7H,3,8-11H2,1-2H3,(H2,17,18,19);1H. The molecule has 1 saturated heterocycles. The topological polar surface area (TPSA) is 36.4 Å². The summed E-state index contributed by atoms with van der Waals surface area (Å²) in [5.74, 6) is 1.84. The number of thioether (sulfide) groups is 1. The van der Waals surface area contributed by atoms with Crippen LogP contribution in [0.4, 0.5) is 4.39 Å². The van der Waals surface area contributed by atoms with E-state index in [1.807, 2.05) is 11.8 Å². The van der Waals surface area contributed by atoms with Gasteiger partial charge in [-0.2, -0.15) is 11.8 Å². The highest BCUT2D eigenvalue weighted by Gasteiger charge is 2.29. The zero-order chi connectivity index (χ0) is 14.4. The molecule has 3 nitrogen and oxygen atoms in total. The molecule has 2 rings (SSSR count). The van der Waals surface area contributed by atoms with Crippen LogP contribution >= 0.6 is 35.7 Å². The lowest BCUT2D eigenvalue weighted by Crippen LogP contribution is -2.43. The molecule has 1 heterocycles. The zero-order valence-electron chi connectivity index (χ0n) is 12.5. The van der Waals surface area contributed by atoms with Crippen molar-refractivity contribution in [1.29, 1.82) is 0 Å². The highest BCUT2D eigenvalue weighted by molar-refractivity contribution is 14.0. The SMILES string of the molecule is CN=C(NCc1ccc(F)cc1)NCC1(C)CCCS1.I. The number of aliphatic imine (C=N–C) groups is 1. The van der Waals surface area contributed by atoms with Crippen molar-refractivity contribution in [2.24, 2.45) is 4.99 Å². The van der Waals surface area contributed by atoms with Crippen molar-refractivity contribution in [3.05, 3.63) is 35.6 Å². The molecule has 1 unspecified atom stereocenters. The van der Waals surface area contributed by atoms with Crippen molar-refractivity contribution in [3.63, 3.8) is 0 Å². The van der Waals surface area contributed by atoms with Crippen LogP contribution in [0.5, 0.6) is 0 Å². The summed E-state index contributed by atoms with van der Waals surface area (Å²) in [6.07, 6.45) is 2.55. The van der Waals surface area contributed by atoms with Gasteiger partial charge in [-0.25, -0.2) is 4.39 Å². The monoisotopic (exact) mass is 423 g/mol. The fourth-order valence-corrected chi connectivity index (χ4v) is 3.50. The van der Waals surface area contributed by atoms with E-state index < -0.39 is 0 Å². The Bertz CT molecular complexity index is 458. The molecule has 1 aliphatic rings. The van der Waals surface area contributed by atoms with E-state index >= 15 is 0 Å². The van der Waals surface area contributed by atoms with Crippen LogP contribution in [0.2, 0.25) is 0 Å². The van der Waals surface area contributed by atoms with Gasteiger partial charge in [0.15, 0.2) is 5.96 Å². The number of hydrogen-bond donors (Lipinski definition) is 2. The van der Waals surface area contributed by atoms with Gasteiger partial charge in [-0.1, -0.05) is 12.1 Å². The zero-order valence-corrected chi connectivity index (χ0v) is 15.6. The Labute approximate surface area is 147 Å². The van der Waals surface area contributed by atoms with E-state index in [0.717, 1.165) is 18.1 Å². The van der Waals surface area contributed by atoms with Crippen LogP contribution < -0.4 is 10.6 Å². The molecule has 1 aromatic rings. The van der Waals surface area contributed by atoms with Crippen LogP contribution in [0.25, 0.3) is 0 Å². The highest BCUT2D eigenvalue weighted by atomic mass is 127. The van der Waals surface area contributed by atoms with Gasteiger partial charge in [-0.15, -0.1) is 24.0 Å². The second-order valence-corrected chi connectivity index (χ2v) is 6.99. The Kier molecular flexibility index (Phi) is 7.79. The number of hydrogen-bond acceptors (Lipinski definition) is 2. The van der Waals surface area contributed by atoms with Crippen LogP contribution in [-0.2, 0) is 6.54 Å². The minimum absolute atomic E-state index is 0. The molecule has 21 heavy (non-hydrogen) atoms. The molecule has 0 aromatic heterocycles. The molecule has 0 saturated carbocycles. The molecule has 118 valence electrons. The lowest BCUT2D eigenvalue weighted by atomic mass is 10.1. The summed E-state index contributed by atoms with van der Waals surface area (Å²) >= 11 is 2.03. The fraction of sp³-hybridized carbons (Fsp3) is 0.533. The summed E-state index contributed by atoms with van der Waals surface area (Å²) in [6.45, 7) is 3.86. The summed E-state index contributed by atoms with van der Waals surface area (Å²) < 4.78 is 13.1. The molecule has 1 atom stereocenters. The summed E-state index contributed by atoms with van der Waals surface area (Å²) in [7, 11) is 1.77. The van der Waals surface area contributed by atoms with Gasteiger partial charge in [0.1, 0.15) is 5.82 Å². The predicted octanol–water partition coefficient (Wildman–Crippen LogP) is 3.39. The van der Waals surface area contributed by atoms with E-state index in [1.165, 1.54) is 30.7 Å². The first-order valence-electron chi connectivity index (χ1n) is 6.94. The maximum atomic E-state index is 12.8. The van der Waals surface area contributed by atoms with E-state index in [2.05, 4.69) is 22.5 Å². The van der Waals surface area contributed by atoms with Crippen LogP contribution in [-0.4, -0.2) is 30.1 Å². The second-order valence-electron chi connectivity index (χ2n) is 5.31. The smallest absolute Gasteiger partial charge is 0.191 e. The Morgan fingerprint density at radius 2 is 2.05 bits per heavy atom. The molecule has 0 bridgehead atoms. The van der Waals surface area contributed by atoms with Crippen LogP contribution in [0, 0.1) is 5.82 Å². The van der Waals surface area contributed by atoms with Crippen molar-refractivity contribution < 1.29 is 4.39 Å². The average molecular weight is 423 g/mol. The maximum absolute atomic E-state index is 12.8. The number of nitrogens with zero attached hydrogens (tertiary/aromatic N) is 1. The van der Waals surface area contributed by atoms with Crippen molar-refractivity contribution >= 4 is 41.7 Å². The molecular formula is C15H23FIN3S. The third-order valence-corrected chi connectivity index (χ3v) is 5.07. The summed E-state index contributed by atoms with van der Waals surface area (Å²) in [6, 6.07) is 6.51. The van der Waals surface area contributed by atoms with Gasteiger partial charge in [-0.3, -0.25) is 4.99 Å². The predicted molar refractivity (Wildman–Crippen MR) is 100 cm³/mol. The van der Waals surface area contributed by atoms with Gasteiger partial charge in [0, 0.05) is 24.9 Å². The Hall–Kier alpha value is -0.500. The average Bonchev–Trinajstić information content (AvgIpc) is 2.88. The molecule has 0 radical (unpaired) electrons. The van der Waals surface area contributed by atoms with Crippen LogP contribution in [0.1, 0.15) is 25.3 Å². The van der Waals surface area contributed by atoms with Gasteiger partial charge in [0.25, 0.3) is 0 Å². The second kappa shape index (κ2) is 8.82. The molecule has 0 spiro atoms. The number of halogens is 2. The van der Waals surface area contributed by atoms with E-state index in [0.29, 0.717) is 11.3 Å².